The van der Waals surface area contributed by atoms with Gasteiger partial charge in [0.2, 0.25) is 0 Å². The topological polar surface area (TPSA) is 76.8 Å². The third-order valence-corrected chi connectivity index (χ3v) is 1.40. The van der Waals surface area contributed by atoms with E-state index in [0.29, 0.717) is 6.42 Å². The van der Waals surface area contributed by atoms with Gasteiger partial charge >= 0.3 is 33.9 Å². The van der Waals surface area contributed by atoms with Crippen LogP contribution in [0.2, 0.25) is 0 Å². The summed E-state index contributed by atoms with van der Waals surface area (Å²) in [6.07, 6.45) is 6.51. The molecule has 0 spiro atoms. The van der Waals surface area contributed by atoms with Crippen LogP contribution in [-0.4, -0.2) is 5.78 Å². The van der Waals surface area contributed by atoms with E-state index in [4.69, 9.17) is 14.0 Å². The van der Waals surface area contributed by atoms with Crippen molar-refractivity contribution in [3.8, 4) is 0 Å². The molecular formula is C13H14FeO4. The van der Waals surface area contributed by atoms with Gasteiger partial charge in [0.1, 0.15) is 0 Å². The molecule has 0 bridgehead atoms. The first-order valence-corrected chi connectivity index (χ1v) is 4.28. The number of hydrogen-bond donors (Lipinski definition) is 0. The zero-order valence-corrected chi connectivity index (χ0v) is 11.2. The molecular weight excluding hydrogens is 276 g/mol. The van der Waals surface area contributed by atoms with E-state index < -0.39 is 0 Å². The van der Waals surface area contributed by atoms with Crippen molar-refractivity contribution in [2.75, 3.05) is 0 Å². The number of rotatable bonds is 6. The molecule has 0 saturated carbocycles. The predicted molar refractivity (Wildman–Crippen MR) is 59.1 cm³/mol. The van der Waals surface area contributed by atoms with Gasteiger partial charge in [0.25, 0.3) is 0 Å². The molecule has 0 fully saturated rings. The van der Waals surface area contributed by atoms with E-state index in [0.717, 1.165) is 12.3 Å². The number of ketones is 1. The van der Waals surface area contributed by atoms with Gasteiger partial charge in [-0.25, -0.2) is 0 Å². The van der Waals surface area contributed by atoms with Gasteiger partial charge in [0, 0.05) is 23.5 Å². The van der Waals surface area contributed by atoms with Crippen molar-refractivity contribution in [2.24, 2.45) is 0 Å². The average molecular weight is 290 g/mol. The first kappa shape index (κ1) is 30.3. The molecule has 0 heterocycles. The summed E-state index contributed by atoms with van der Waals surface area (Å²) in [5, 5.41) is 0. The molecule has 0 aromatic rings. The molecule has 0 saturated heterocycles. The molecule has 4 nitrogen and oxygen atoms in total. The van der Waals surface area contributed by atoms with Crippen molar-refractivity contribution >= 4 is 5.78 Å². The van der Waals surface area contributed by atoms with Gasteiger partial charge in [-0.15, -0.1) is 0 Å². The second kappa shape index (κ2) is 36.0. The second-order valence-electron chi connectivity index (χ2n) is 2.28. The van der Waals surface area contributed by atoms with Gasteiger partial charge in [0.15, 0.2) is 5.78 Å². The Hall–Kier alpha value is -0.851. The van der Waals surface area contributed by atoms with Crippen LogP contribution in [0.1, 0.15) is 19.8 Å². The second-order valence-corrected chi connectivity index (χ2v) is 2.28. The van der Waals surface area contributed by atoms with Crippen molar-refractivity contribution in [1.29, 1.82) is 0 Å². The van der Waals surface area contributed by atoms with Crippen LogP contribution >= 0.6 is 0 Å². The average Bonchev–Trinajstić information content (AvgIpc) is 2.44. The molecule has 0 N–H and O–H groups in total. The Morgan fingerprint density at radius 1 is 1.17 bits per heavy atom. The Labute approximate surface area is 120 Å². The molecule has 0 aromatic carbocycles. The van der Waals surface area contributed by atoms with Crippen LogP contribution in [0.3, 0.4) is 0 Å². The first-order chi connectivity index (χ1) is 8.20. The summed E-state index contributed by atoms with van der Waals surface area (Å²) in [5.74, 6) is 1.06. The standard InChI is InChI=1S/C10H14O.3CO.Fe/c1-4-9(3)7-6-8-10(11)5-2;3*1-2;/h4-5,7H,2-3,6,8H2,1H3;;;;. The molecule has 0 atom stereocenters. The minimum atomic E-state index is 0. The third-order valence-electron chi connectivity index (χ3n) is 1.40. The molecule has 0 aliphatic rings. The van der Waals surface area contributed by atoms with Gasteiger partial charge in [-0.3, -0.25) is 4.79 Å². The summed E-state index contributed by atoms with van der Waals surface area (Å²) in [6, 6.07) is 0. The van der Waals surface area contributed by atoms with Gasteiger partial charge < -0.3 is 0 Å². The summed E-state index contributed by atoms with van der Waals surface area (Å²) < 4.78 is 22.5. The maximum atomic E-state index is 10.7. The predicted octanol–water partition coefficient (Wildman–Crippen LogP) is 2.24. The van der Waals surface area contributed by atoms with E-state index in [1.807, 2.05) is 19.8 Å². The van der Waals surface area contributed by atoms with Crippen molar-refractivity contribution in [3.63, 3.8) is 0 Å². The fourth-order valence-corrected chi connectivity index (χ4v) is 0.620. The van der Waals surface area contributed by atoms with Crippen LogP contribution in [0.4, 0.5) is 0 Å². The molecule has 4 radical (unpaired) electrons. The number of carbonyl (C=O) groups is 1. The van der Waals surface area contributed by atoms with Gasteiger partial charge in [-0.2, -0.15) is 0 Å². The Morgan fingerprint density at radius 3 is 1.83 bits per heavy atom. The molecule has 0 aliphatic heterocycles. The zero-order chi connectivity index (χ0) is 14.7. The Balaban J connectivity index is -0.0000000700. The maximum Gasteiger partial charge on any atom is 0.155 e. The first-order valence-electron chi connectivity index (χ1n) is 4.28. The smallest absolute Gasteiger partial charge is 0.155 e. The SMILES string of the molecule is [C-]#[O+].[C-]#[O+].[C-]#[O+].[CH2][C]([CH]C)[CH]CCC(=O)C=C.[Fe]. The largest absolute Gasteiger partial charge is 0.295 e. The Bertz CT molecular complexity index is 217. The molecule has 0 aliphatic carbocycles. The molecule has 0 aromatic heterocycles. The van der Waals surface area contributed by atoms with Crippen molar-refractivity contribution in [1.82, 2.24) is 0 Å². The molecule has 0 rings (SSSR count). The molecule has 98 valence electrons. The van der Waals surface area contributed by atoms with Gasteiger partial charge in [-0.1, -0.05) is 13.5 Å². The van der Waals surface area contributed by atoms with Crippen molar-refractivity contribution < 1.29 is 35.8 Å². The van der Waals surface area contributed by atoms with Crippen molar-refractivity contribution in [2.45, 2.75) is 19.8 Å². The summed E-state index contributed by atoms with van der Waals surface area (Å²) in [6.45, 7) is 22.6. The van der Waals surface area contributed by atoms with E-state index in [1.54, 1.807) is 0 Å². The quantitative estimate of drug-likeness (QED) is 0.320. The maximum absolute atomic E-state index is 10.7. The summed E-state index contributed by atoms with van der Waals surface area (Å²) in [4.78, 5) is 10.7. The van der Waals surface area contributed by atoms with Gasteiger partial charge in [-0.05, 0) is 38.2 Å². The molecule has 18 heavy (non-hydrogen) atoms. The summed E-state index contributed by atoms with van der Waals surface area (Å²) >= 11 is 0. The normalized spacial score (nSPS) is 6.50. The van der Waals surface area contributed by atoms with Crippen molar-refractivity contribution in [3.05, 3.63) is 58.3 Å². The van der Waals surface area contributed by atoms with Crippen LogP contribution in [0.15, 0.2) is 12.7 Å². The van der Waals surface area contributed by atoms with Crippen LogP contribution in [0.5, 0.6) is 0 Å². The monoisotopic (exact) mass is 290 g/mol. The minimum Gasteiger partial charge on any atom is -0.295 e. The van der Waals surface area contributed by atoms with Gasteiger partial charge in [0.05, 0.1) is 0 Å². The van der Waals surface area contributed by atoms with E-state index in [1.165, 1.54) is 6.08 Å². The third kappa shape index (κ3) is 36.2. The Morgan fingerprint density at radius 2 is 1.56 bits per heavy atom. The minimum absolute atomic E-state index is 0. The van der Waals surface area contributed by atoms with E-state index in [9.17, 15) is 4.79 Å². The van der Waals surface area contributed by atoms with Crippen LogP contribution in [0, 0.1) is 45.6 Å². The number of allylic oxidation sites excluding steroid dienone is 1. The van der Waals surface area contributed by atoms with E-state index >= 15 is 0 Å². The van der Waals surface area contributed by atoms with Crippen LogP contribution < -0.4 is 0 Å². The van der Waals surface area contributed by atoms with Crippen LogP contribution in [-0.2, 0) is 35.8 Å². The summed E-state index contributed by atoms with van der Waals surface area (Å²) in [5.41, 5.74) is 0. The fraction of sp³-hybridized carbons (Fsp3) is 0.231. The van der Waals surface area contributed by atoms with E-state index in [2.05, 4.69) is 33.5 Å². The molecule has 5 heteroatoms. The van der Waals surface area contributed by atoms with E-state index in [-0.39, 0.29) is 22.9 Å². The number of hydrogen-bond acceptors (Lipinski definition) is 1. The zero-order valence-electron chi connectivity index (χ0n) is 10.0. The summed E-state index contributed by atoms with van der Waals surface area (Å²) in [7, 11) is 0. The Kier molecular flexibility index (Phi) is 60.6. The molecule has 0 amide bonds. The number of carbonyl (C=O) groups excluding carboxylic acids is 1. The molecule has 0 unspecified atom stereocenters. The fourth-order valence-electron chi connectivity index (χ4n) is 0.620. The van der Waals surface area contributed by atoms with Crippen LogP contribution in [0.25, 0.3) is 0 Å².